The standard InChI is InChI=1S/C16H35NO4/c1-4-9-17-16(2,15-18)8-5-6-11-20-13-14-21-12-7-10-19-3/h17-18H,4-15H2,1-3H3. The van der Waals surface area contributed by atoms with Gasteiger partial charge < -0.3 is 24.6 Å². The lowest BCUT2D eigenvalue weighted by Crippen LogP contribution is -2.46. The van der Waals surface area contributed by atoms with Crippen molar-refractivity contribution in [1.29, 1.82) is 0 Å². The Hall–Kier alpha value is -0.200. The van der Waals surface area contributed by atoms with E-state index in [1.807, 2.05) is 0 Å². The van der Waals surface area contributed by atoms with Crippen molar-refractivity contribution >= 4 is 0 Å². The average Bonchev–Trinajstić information content (AvgIpc) is 2.50. The van der Waals surface area contributed by atoms with Crippen LogP contribution in [0.3, 0.4) is 0 Å². The Bertz CT molecular complexity index is 216. The third-order valence-corrected chi connectivity index (χ3v) is 3.43. The molecule has 0 rings (SSSR count). The van der Waals surface area contributed by atoms with E-state index >= 15 is 0 Å². The number of unbranched alkanes of at least 4 members (excludes halogenated alkanes) is 1. The number of nitrogens with one attached hydrogen (secondary N) is 1. The van der Waals surface area contributed by atoms with E-state index in [1.54, 1.807) is 7.11 Å². The number of hydrogen-bond donors (Lipinski definition) is 2. The monoisotopic (exact) mass is 305 g/mol. The van der Waals surface area contributed by atoms with E-state index in [0.29, 0.717) is 13.2 Å². The minimum Gasteiger partial charge on any atom is -0.394 e. The number of aliphatic hydroxyl groups excluding tert-OH is 1. The van der Waals surface area contributed by atoms with Crippen molar-refractivity contribution in [2.45, 2.75) is 51.5 Å². The molecule has 0 aromatic heterocycles. The number of rotatable bonds is 16. The molecule has 0 aliphatic carbocycles. The highest BCUT2D eigenvalue weighted by molar-refractivity contribution is 4.81. The Kier molecular flexibility index (Phi) is 14.6. The van der Waals surface area contributed by atoms with Gasteiger partial charge in [-0.25, -0.2) is 0 Å². The van der Waals surface area contributed by atoms with Crippen LogP contribution in [0.5, 0.6) is 0 Å². The fourth-order valence-electron chi connectivity index (χ4n) is 2.00. The van der Waals surface area contributed by atoms with Crippen LogP contribution in [0.1, 0.15) is 46.0 Å². The highest BCUT2D eigenvalue weighted by Gasteiger charge is 2.21. The molecule has 0 aliphatic heterocycles. The third-order valence-electron chi connectivity index (χ3n) is 3.43. The van der Waals surface area contributed by atoms with Gasteiger partial charge in [-0.2, -0.15) is 0 Å². The van der Waals surface area contributed by atoms with Crippen LogP contribution in [0.25, 0.3) is 0 Å². The summed E-state index contributed by atoms with van der Waals surface area (Å²) in [5.41, 5.74) is -0.152. The van der Waals surface area contributed by atoms with Gasteiger partial charge in [0.15, 0.2) is 0 Å². The van der Waals surface area contributed by atoms with Gasteiger partial charge in [0.1, 0.15) is 0 Å². The zero-order chi connectivity index (χ0) is 15.8. The molecule has 0 saturated carbocycles. The summed E-state index contributed by atoms with van der Waals surface area (Å²) in [6.45, 7) is 8.89. The van der Waals surface area contributed by atoms with Crippen molar-refractivity contribution in [2.75, 3.05) is 53.3 Å². The lowest BCUT2D eigenvalue weighted by atomic mass is 9.95. The maximum Gasteiger partial charge on any atom is 0.0700 e. The third kappa shape index (κ3) is 13.2. The molecule has 21 heavy (non-hydrogen) atoms. The van der Waals surface area contributed by atoms with Gasteiger partial charge in [0.25, 0.3) is 0 Å². The fraction of sp³-hybridized carbons (Fsp3) is 1.00. The minimum atomic E-state index is -0.152. The first-order valence-electron chi connectivity index (χ1n) is 8.19. The largest absolute Gasteiger partial charge is 0.394 e. The number of methoxy groups -OCH3 is 1. The molecule has 0 aromatic carbocycles. The van der Waals surface area contributed by atoms with Crippen molar-refractivity contribution in [1.82, 2.24) is 5.32 Å². The molecule has 5 nitrogen and oxygen atoms in total. The van der Waals surface area contributed by atoms with Crippen molar-refractivity contribution in [3.05, 3.63) is 0 Å². The van der Waals surface area contributed by atoms with Gasteiger partial charge in [-0.1, -0.05) is 6.92 Å². The molecule has 128 valence electrons. The van der Waals surface area contributed by atoms with Gasteiger partial charge in [-0.05, 0) is 45.6 Å². The van der Waals surface area contributed by atoms with E-state index < -0.39 is 0 Å². The normalized spacial score (nSPS) is 14.3. The predicted molar refractivity (Wildman–Crippen MR) is 85.8 cm³/mol. The molecule has 0 saturated heterocycles. The van der Waals surface area contributed by atoms with Gasteiger partial charge in [0.2, 0.25) is 0 Å². The van der Waals surface area contributed by atoms with E-state index in [2.05, 4.69) is 19.2 Å². The van der Waals surface area contributed by atoms with E-state index in [-0.39, 0.29) is 12.1 Å². The summed E-state index contributed by atoms with van der Waals surface area (Å²) < 4.78 is 15.9. The molecule has 2 N–H and O–H groups in total. The summed E-state index contributed by atoms with van der Waals surface area (Å²) in [5, 5.41) is 12.9. The molecule has 0 spiro atoms. The zero-order valence-corrected chi connectivity index (χ0v) is 14.2. The lowest BCUT2D eigenvalue weighted by molar-refractivity contribution is 0.0379. The molecule has 0 bridgehead atoms. The molecule has 1 unspecified atom stereocenters. The van der Waals surface area contributed by atoms with Crippen LogP contribution in [0.15, 0.2) is 0 Å². The zero-order valence-electron chi connectivity index (χ0n) is 14.2. The van der Waals surface area contributed by atoms with Crippen LogP contribution in [0, 0.1) is 0 Å². The van der Waals surface area contributed by atoms with Crippen LogP contribution in [0.4, 0.5) is 0 Å². The molecule has 0 aliphatic rings. The molecule has 5 heteroatoms. The lowest BCUT2D eigenvalue weighted by Gasteiger charge is -2.28. The average molecular weight is 305 g/mol. The topological polar surface area (TPSA) is 60.0 Å². The SMILES string of the molecule is CCCNC(C)(CO)CCCCOCCOCCCOC. The molecule has 0 aromatic rings. The number of aliphatic hydroxyl groups is 1. The fourth-order valence-corrected chi connectivity index (χ4v) is 2.00. The van der Waals surface area contributed by atoms with E-state index in [1.165, 1.54) is 0 Å². The summed E-state index contributed by atoms with van der Waals surface area (Å²) in [5.74, 6) is 0. The summed E-state index contributed by atoms with van der Waals surface area (Å²) in [4.78, 5) is 0. The van der Waals surface area contributed by atoms with Gasteiger partial charge >= 0.3 is 0 Å². The first-order valence-corrected chi connectivity index (χ1v) is 8.19. The van der Waals surface area contributed by atoms with Gasteiger partial charge in [-0.3, -0.25) is 0 Å². The Morgan fingerprint density at radius 1 is 0.952 bits per heavy atom. The van der Waals surface area contributed by atoms with E-state index in [9.17, 15) is 5.11 Å². The van der Waals surface area contributed by atoms with Crippen molar-refractivity contribution in [2.24, 2.45) is 0 Å². The smallest absolute Gasteiger partial charge is 0.0700 e. The highest BCUT2D eigenvalue weighted by atomic mass is 16.5. The quantitative estimate of drug-likeness (QED) is 0.427. The second-order valence-corrected chi connectivity index (χ2v) is 5.67. The summed E-state index contributed by atoms with van der Waals surface area (Å²) in [7, 11) is 1.70. The van der Waals surface area contributed by atoms with Gasteiger partial charge in [-0.15, -0.1) is 0 Å². The van der Waals surface area contributed by atoms with E-state index in [0.717, 1.165) is 58.5 Å². The van der Waals surface area contributed by atoms with E-state index in [4.69, 9.17) is 14.2 Å². The Morgan fingerprint density at radius 2 is 1.62 bits per heavy atom. The summed E-state index contributed by atoms with van der Waals surface area (Å²) >= 11 is 0. The summed E-state index contributed by atoms with van der Waals surface area (Å²) in [6, 6.07) is 0. The van der Waals surface area contributed by atoms with Gasteiger partial charge in [0, 0.05) is 32.5 Å². The summed E-state index contributed by atoms with van der Waals surface area (Å²) in [6.07, 6.45) is 5.07. The first-order chi connectivity index (χ1) is 10.2. The molecule has 1 atom stereocenters. The van der Waals surface area contributed by atoms with Crippen LogP contribution in [0.2, 0.25) is 0 Å². The molecule has 0 radical (unpaired) electrons. The van der Waals surface area contributed by atoms with Crippen LogP contribution in [-0.2, 0) is 14.2 Å². The molecule has 0 heterocycles. The Balaban J connectivity index is 3.34. The predicted octanol–water partition coefficient (Wildman–Crippen LogP) is 1.98. The Labute approximate surface area is 130 Å². The van der Waals surface area contributed by atoms with Crippen LogP contribution in [-0.4, -0.2) is 63.9 Å². The molecular formula is C16H35NO4. The van der Waals surface area contributed by atoms with Crippen LogP contribution < -0.4 is 5.32 Å². The number of ether oxygens (including phenoxy) is 3. The van der Waals surface area contributed by atoms with Crippen molar-refractivity contribution in [3.8, 4) is 0 Å². The second-order valence-electron chi connectivity index (χ2n) is 5.67. The van der Waals surface area contributed by atoms with Crippen molar-refractivity contribution < 1.29 is 19.3 Å². The minimum absolute atomic E-state index is 0.152. The molecule has 0 fully saturated rings. The second kappa shape index (κ2) is 14.7. The maximum absolute atomic E-state index is 9.45. The van der Waals surface area contributed by atoms with Crippen LogP contribution >= 0.6 is 0 Å². The Morgan fingerprint density at radius 3 is 2.19 bits per heavy atom. The van der Waals surface area contributed by atoms with Gasteiger partial charge in [0.05, 0.1) is 19.8 Å². The highest BCUT2D eigenvalue weighted by Crippen LogP contribution is 2.13. The van der Waals surface area contributed by atoms with Crippen molar-refractivity contribution in [3.63, 3.8) is 0 Å². The molecule has 0 amide bonds. The molecular weight excluding hydrogens is 270 g/mol. The first kappa shape index (κ1) is 20.8. The number of hydrogen-bond acceptors (Lipinski definition) is 5. The maximum atomic E-state index is 9.45.